The molecule has 0 aliphatic carbocycles. The summed E-state index contributed by atoms with van der Waals surface area (Å²) in [5.41, 5.74) is 1.35. The van der Waals surface area contributed by atoms with E-state index in [1.807, 2.05) is 0 Å². The lowest BCUT2D eigenvalue weighted by molar-refractivity contribution is -0.107. The maximum atomic E-state index is 10.2. The SMILES string of the molecule is Cc1ccc([Si]CCCCCCCCCCC=O)cc1. The van der Waals surface area contributed by atoms with E-state index < -0.39 is 0 Å². The normalized spacial score (nSPS) is 10.7. The molecular formula is C18H28OSi. The molecule has 2 heteroatoms. The first kappa shape index (κ1) is 17.2. The first-order valence-electron chi connectivity index (χ1n) is 8.07. The summed E-state index contributed by atoms with van der Waals surface area (Å²) >= 11 is 0. The van der Waals surface area contributed by atoms with Gasteiger partial charge in [0.2, 0.25) is 0 Å². The number of benzene rings is 1. The van der Waals surface area contributed by atoms with Crippen molar-refractivity contribution in [3.63, 3.8) is 0 Å². The van der Waals surface area contributed by atoms with E-state index in [2.05, 4.69) is 31.2 Å². The van der Waals surface area contributed by atoms with Gasteiger partial charge in [-0.3, -0.25) is 0 Å². The number of hydrogen-bond acceptors (Lipinski definition) is 1. The summed E-state index contributed by atoms with van der Waals surface area (Å²) in [6.07, 6.45) is 12.3. The highest BCUT2D eigenvalue weighted by molar-refractivity contribution is 6.53. The van der Waals surface area contributed by atoms with Gasteiger partial charge >= 0.3 is 0 Å². The molecule has 2 radical (unpaired) electrons. The lowest BCUT2D eigenvalue weighted by Gasteiger charge is -2.02. The number of rotatable bonds is 12. The Labute approximate surface area is 127 Å². The van der Waals surface area contributed by atoms with E-state index >= 15 is 0 Å². The molecule has 1 aromatic carbocycles. The second kappa shape index (κ2) is 11.9. The predicted octanol–water partition coefficient (Wildman–Crippen LogP) is 4.45. The molecule has 1 nitrogen and oxygen atoms in total. The smallest absolute Gasteiger partial charge is 0.119 e. The molecule has 0 fully saturated rings. The van der Waals surface area contributed by atoms with Crippen LogP contribution in [0.15, 0.2) is 24.3 Å². The Kier molecular flexibility index (Phi) is 10.2. The summed E-state index contributed by atoms with van der Waals surface area (Å²) in [7, 11) is 0.980. The minimum absolute atomic E-state index is 0.750. The molecule has 1 aromatic rings. The van der Waals surface area contributed by atoms with E-state index in [1.54, 1.807) is 0 Å². The lowest BCUT2D eigenvalue weighted by Crippen LogP contribution is -2.12. The van der Waals surface area contributed by atoms with Crippen LogP contribution in [0, 0.1) is 6.92 Å². The number of aldehydes is 1. The average Bonchev–Trinajstić information content (AvgIpc) is 2.47. The molecule has 0 spiro atoms. The largest absolute Gasteiger partial charge is 0.303 e. The quantitative estimate of drug-likeness (QED) is 0.315. The monoisotopic (exact) mass is 288 g/mol. The third-order valence-corrected chi connectivity index (χ3v) is 4.97. The molecule has 0 heterocycles. The summed E-state index contributed by atoms with van der Waals surface area (Å²) in [5.74, 6) is 0. The maximum absolute atomic E-state index is 10.2. The lowest BCUT2D eigenvalue weighted by atomic mass is 10.1. The molecule has 0 aliphatic rings. The number of aryl methyl sites for hydroxylation is 1. The van der Waals surface area contributed by atoms with Crippen LogP contribution in [0.25, 0.3) is 0 Å². The topological polar surface area (TPSA) is 17.1 Å². The van der Waals surface area contributed by atoms with Gasteiger partial charge in [0.05, 0.1) is 9.52 Å². The van der Waals surface area contributed by atoms with E-state index in [0.29, 0.717) is 0 Å². The standard InChI is InChI=1S/C18H28OSi/c1-17-11-13-18(14-12-17)20-16-10-8-6-4-2-3-5-7-9-15-19/h11-15H,2-10,16H2,1H3. The zero-order chi connectivity index (χ0) is 14.5. The van der Waals surface area contributed by atoms with Gasteiger partial charge in [-0.05, 0) is 13.3 Å². The van der Waals surface area contributed by atoms with E-state index in [4.69, 9.17) is 0 Å². The molecule has 0 aliphatic heterocycles. The van der Waals surface area contributed by atoms with Crippen LogP contribution in [0.2, 0.25) is 6.04 Å². The third-order valence-electron chi connectivity index (χ3n) is 3.63. The number of hydrogen-bond donors (Lipinski definition) is 0. The van der Waals surface area contributed by atoms with Gasteiger partial charge in [0.15, 0.2) is 0 Å². The molecule has 0 saturated carbocycles. The first-order valence-corrected chi connectivity index (χ1v) is 9.28. The van der Waals surface area contributed by atoms with Crippen molar-refractivity contribution in [2.45, 2.75) is 70.8 Å². The molecular weight excluding hydrogens is 260 g/mol. The Balaban J connectivity index is 1.85. The fourth-order valence-electron chi connectivity index (χ4n) is 2.32. The van der Waals surface area contributed by atoms with Crippen molar-refractivity contribution < 1.29 is 4.79 Å². The van der Waals surface area contributed by atoms with Crippen molar-refractivity contribution in [2.75, 3.05) is 0 Å². The molecule has 0 amide bonds. The van der Waals surface area contributed by atoms with Crippen LogP contribution in [-0.4, -0.2) is 15.8 Å². The van der Waals surface area contributed by atoms with Crippen LogP contribution in [0.3, 0.4) is 0 Å². The Morgan fingerprint density at radius 1 is 0.850 bits per heavy atom. The number of carbonyl (C=O) groups is 1. The predicted molar refractivity (Wildman–Crippen MR) is 89.0 cm³/mol. The fourth-order valence-corrected chi connectivity index (χ4v) is 3.44. The van der Waals surface area contributed by atoms with E-state index in [-0.39, 0.29) is 0 Å². The first-order chi connectivity index (χ1) is 9.83. The van der Waals surface area contributed by atoms with Crippen molar-refractivity contribution in [3.05, 3.63) is 29.8 Å². The van der Waals surface area contributed by atoms with Crippen molar-refractivity contribution >= 4 is 21.0 Å². The minimum atomic E-state index is 0.750. The van der Waals surface area contributed by atoms with Crippen molar-refractivity contribution in [1.29, 1.82) is 0 Å². The molecule has 1 rings (SSSR count). The second-order valence-corrected chi connectivity index (χ2v) is 7.01. The molecule has 20 heavy (non-hydrogen) atoms. The van der Waals surface area contributed by atoms with Crippen LogP contribution in [0.5, 0.6) is 0 Å². The summed E-state index contributed by atoms with van der Waals surface area (Å²) < 4.78 is 0. The van der Waals surface area contributed by atoms with Crippen LogP contribution >= 0.6 is 0 Å². The van der Waals surface area contributed by atoms with Crippen LogP contribution in [0.1, 0.15) is 63.4 Å². The molecule has 110 valence electrons. The van der Waals surface area contributed by atoms with Crippen LogP contribution < -0.4 is 5.19 Å². The Hall–Kier alpha value is -0.893. The third kappa shape index (κ3) is 9.08. The highest BCUT2D eigenvalue weighted by Gasteiger charge is 1.96. The second-order valence-electron chi connectivity index (χ2n) is 5.58. The number of carbonyl (C=O) groups excluding carboxylic acids is 1. The van der Waals surface area contributed by atoms with Crippen LogP contribution in [-0.2, 0) is 4.79 Å². The van der Waals surface area contributed by atoms with E-state index in [1.165, 1.54) is 61.7 Å². The number of unbranched alkanes of at least 4 members (excludes halogenated alkanes) is 8. The Bertz CT molecular complexity index is 345. The van der Waals surface area contributed by atoms with Gasteiger partial charge in [-0.25, -0.2) is 0 Å². The van der Waals surface area contributed by atoms with Gasteiger partial charge in [-0.2, -0.15) is 0 Å². The maximum Gasteiger partial charge on any atom is 0.119 e. The molecule has 0 bridgehead atoms. The van der Waals surface area contributed by atoms with E-state index in [0.717, 1.165) is 28.6 Å². The van der Waals surface area contributed by atoms with Gasteiger partial charge < -0.3 is 4.79 Å². The molecule has 0 saturated heterocycles. The molecule has 0 unspecified atom stereocenters. The zero-order valence-electron chi connectivity index (χ0n) is 12.9. The highest BCUT2D eigenvalue weighted by atomic mass is 28.2. The van der Waals surface area contributed by atoms with Gasteiger partial charge in [-0.1, -0.05) is 86.0 Å². The average molecular weight is 289 g/mol. The Morgan fingerprint density at radius 3 is 2.00 bits per heavy atom. The Morgan fingerprint density at radius 2 is 1.40 bits per heavy atom. The summed E-state index contributed by atoms with van der Waals surface area (Å²) in [6.45, 7) is 2.14. The molecule has 0 N–H and O–H groups in total. The highest BCUT2D eigenvalue weighted by Crippen LogP contribution is 2.10. The fraction of sp³-hybridized carbons (Fsp3) is 0.611. The van der Waals surface area contributed by atoms with Crippen molar-refractivity contribution in [1.82, 2.24) is 0 Å². The minimum Gasteiger partial charge on any atom is -0.303 e. The van der Waals surface area contributed by atoms with Gasteiger partial charge in [0.25, 0.3) is 0 Å². The van der Waals surface area contributed by atoms with Gasteiger partial charge in [-0.15, -0.1) is 0 Å². The van der Waals surface area contributed by atoms with Crippen LogP contribution in [0.4, 0.5) is 0 Å². The zero-order valence-corrected chi connectivity index (χ0v) is 13.9. The van der Waals surface area contributed by atoms with Crippen molar-refractivity contribution in [2.24, 2.45) is 0 Å². The summed E-state index contributed by atoms with van der Waals surface area (Å²) in [5, 5.41) is 1.51. The molecule has 0 aromatic heterocycles. The van der Waals surface area contributed by atoms with E-state index in [9.17, 15) is 4.79 Å². The van der Waals surface area contributed by atoms with Gasteiger partial charge in [0.1, 0.15) is 6.29 Å². The summed E-state index contributed by atoms with van der Waals surface area (Å²) in [4.78, 5) is 10.2. The van der Waals surface area contributed by atoms with Gasteiger partial charge in [0, 0.05) is 6.42 Å². The summed E-state index contributed by atoms with van der Waals surface area (Å²) in [6, 6.07) is 10.3. The van der Waals surface area contributed by atoms with Crippen molar-refractivity contribution in [3.8, 4) is 0 Å². The molecule has 0 atom stereocenters.